The number of nitrogens with zero attached hydrogens (tertiary/aromatic N) is 2. The van der Waals surface area contributed by atoms with E-state index in [2.05, 4.69) is 5.32 Å². The SMILES string of the molecule is CC(C)(C)OC(=O)N1CCC[C@H](C(=O)N[C@@H]2CCCN(C(=O)COc3ccc(F)cc3Cl)C2)C1. The van der Waals surface area contributed by atoms with Gasteiger partial charge in [0.05, 0.1) is 10.9 Å². The third kappa shape index (κ3) is 7.48. The van der Waals surface area contributed by atoms with Crippen molar-refractivity contribution in [2.75, 3.05) is 32.8 Å². The lowest BCUT2D eigenvalue weighted by atomic mass is 9.96. The molecule has 3 amide bonds. The quantitative estimate of drug-likeness (QED) is 0.671. The first-order valence-electron chi connectivity index (χ1n) is 11.7. The van der Waals surface area contributed by atoms with Crippen LogP contribution in [0.25, 0.3) is 0 Å². The molecule has 2 atom stereocenters. The molecule has 0 unspecified atom stereocenters. The van der Waals surface area contributed by atoms with Gasteiger partial charge in [-0.15, -0.1) is 0 Å². The van der Waals surface area contributed by atoms with Gasteiger partial charge in [-0.1, -0.05) is 11.6 Å². The number of carbonyl (C=O) groups is 3. The average Bonchev–Trinajstić information content (AvgIpc) is 2.77. The molecule has 0 bridgehead atoms. The van der Waals surface area contributed by atoms with Crippen molar-refractivity contribution in [3.8, 4) is 5.75 Å². The second-order valence-corrected chi connectivity index (χ2v) is 10.2. The standard InChI is InChI=1S/C24H33ClFN3O5/c1-24(2,3)34-23(32)29-11-4-6-16(13-29)22(31)27-18-7-5-10-28(14-18)21(30)15-33-20-9-8-17(26)12-19(20)25/h8-9,12,16,18H,4-7,10-11,13-15H2,1-3H3,(H,27,31)/t16-,18+/m0/s1. The maximum atomic E-state index is 13.2. The predicted octanol–water partition coefficient (Wildman–Crippen LogP) is 3.61. The lowest BCUT2D eigenvalue weighted by molar-refractivity contribution is -0.136. The molecule has 0 aliphatic carbocycles. The van der Waals surface area contributed by atoms with Crippen LogP contribution in [0.4, 0.5) is 9.18 Å². The largest absolute Gasteiger partial charge is 0.482 e. The van der Waals surface area contributed by atoms with Crippen LogP contribution < -0.4 is 10.1 Å². The second kappa shape index (κ2) is 11.3. The molecule has 34 heavy (non-hydrogen) atoms. The first-order valence-corrected chi connectivity index (χ1v) is 12.0. The van der Waals surface area contributed by atoms with Gasteiger partial charge in [-0.05, 0) is 64.7 Å². The third-order valence-corrected chi connectivity index (χ3v) is 6.10. The lowest BCUT2D eigenvalue weighted by Gasteiger charge is -2.36. The van der Waals surface area contributed by atoms with E-state index in [0.717, 1.165) is 25.3 Å². The summed E-state index contributed by atoms with van der Waals surface area (Å²) in [6, 6.07) is 3.56. The number of hydrogen-bond donors (Lipinski definition) is 1. The summed E-state index contributed by atoms with van der Waals surface area (Å²) < 4.78 is 24.1. The number of halogens is 2. The van der Waals surface area contributed by atoms with E-state index in [1.807, 2.05) is 20.8 Å². The molecule has 1 aromatic rings. The predicted molar refractivity (Wildman–Crippen MR) is 125 cm³/mol. The Labute approximate surface area is 204 Å². The number of amides is 3. The Balaban J connectivity index is 1.48. The molecule has 10 heteroatoms. The van der Waals surface area contributed by atoms with Gasteiger partial charge in [0.25, 0.3) is 5.91 Å². The van der Waals surface area contributed by atoms with E-state index in [-0.39, 0.29) is 41.2 Å². The molecule has 2 saturated heterocycles. The highest BCUT2D eigenvalue weighted by molar-refractivity contribution is 6.32. The molecule has 2 aliphatic rings. The highest BCUT2D eigenvalue weighted by atomic mass is 35.5. The molecule has 2 aliphatic heterocycles. The maximum Gasteiger partial charge on any atom is 0.410 e. The number of nitrogens with one attached hydrogen (secondary N) is 1. The van der Waals surface area contributed by atoms with Crippen molar-refractivity contribution in [2.24, 2.45) is 5.92 Å². The first kappa shape index (κ1) is 26.1. The highest BCUT2D eigenvalue weighted by Crippen LogP contribution is 2.25. The van der Waals surface area contributed by atoms with Gasteiger partial charge >= 0.3 is 6.09 Å². The van der Waals surface area contributed by atoms with Crippen LogP contribution in [0.5, 0.6) is 5.75 Å². The number of hydrogen-bond acceptors (Lipinski definition) is 5. The molecule has 1 N–H and O–H groups in total. The average molecular weight is 498 g/mol. The Morgan fingerprint density at radius 1 is 1.12 bits per heavy atom. The highest BCUT2D eigenvalue weighted by Gasteiger charge is 2.33. The van der Waals surface area contributed by atoms with Crippen LogP contribution in [0.2, 0.25) is 5.02 Å². The van der Waals surface area contributed by atoms with Crippen molar-refractivity contribution in [2.45, 2.75) is 58.1 Å². The molecule has 8 nitrogen and oxygen atoms in total. The van der Waals surface area contributed by atoms with Crippen LogP contribution in [0, 0.1) is 11.7 Å². The summed E-state index contributed by atoms with van der Waals surface area (Å²) in [5.41, 5.74) is -0.587. The minimum Gasteiger partial charge on any atom is -0.482 e. The second-order valence-electron chi connectivity index (χ2n) is 9.82. The number of benzene rings is 1. The summed E-state index contributed by atoms with van der Waals surface area (Å²) in [5.74, 6) is -0.887. The van der Waals surface area contributed by atoms with Crippen molar-refractivity contribution in [3.63, 3.8) is 0 Å². The summed E-state index contributed by atoms with van der Waals surface area (Å²) in [4.78, 5) is 41.2. The Morgan fingerprint density at radius 2 is 1.82 bits per heavy atom. The molecule has 1 aromatic carbocycles. The molecular formula is C24H33ClFN3O5. The van der Waals surface area contributed by atoms with E-state index in [0.29, 0.717) is 32.6 Å². The van der Waals surface area contributed by atoms with Crippen LogP contribution in [-0.4, -0.2) is 72.1 Å². The van der Waals surface area contributed by atoms with Gasteiger partial charge in [-0.3, -0.25) is 9.59 Å². The van der Waals surface area contributed by atoms with E-state index < -0.39 is 17.5 Å². The van der Waals surface area contributed by atoms with Gasteiger partial charge in [-0.2, -0.15) is 0 Å². The van der Waals surface area contributed by atoms with Crippen molar-refractivity contribution >= 4 is 29.5 Å². The van der Waals surface area contributed by atoms with Crippen LogP contribution >= 0.6 is 11.6 Å². The van der Waals surface area contributed by atoms with E-state index >= 15 is 0 Å². The fraction of sp³-hybridized carbons (Fsp3) is 0.625. The smallest absolute Gasteiger partial charge is 0.410 e. The van der Waals surface area contributed by atoms with Crippen molar-refractivity contribution in [1.82, 2.24) is 15.1 Å². The molecule has 3 rings (SSSR count). The minimum absolute atomic E-state index is 0.101. The number of rotatable bonds is 5. The zero-order valence-electron chi connectivity index (χ0n) is 19.9. The van der Waals surface area contributed by atoms with E-state index in [1.54, 1.807) is 9.80 Å². The van der Waals surface area contributed by atoms with E-state index in [9.17, 15) is 18.8 Å². The fourth-order valence-electron chi connectivity index (χ4n) is 4.15. The fourth-order valence-corrected chi connectivity index (χ4v) is 4.37. The lowest BCUT2D eigenvalue weighted by Crippen LogP contribution is -2.53. The van der Waals surface area contributed by atoms with Gasteiger partial charge < -0.3 is 24.6 Å². The monoisotopic (exact) mass is 497 g/mol. The van der Waals surface area contributed by atoms with Crippen LogP contribution in [-0.2, 0) is 14.3 Å². The van der Waals surface area contributed by atoms with Crippen LogP contribution in [0.1, 0.15) is 46.5 Å². The Kier molecular flexibility index (Phi) is 8.62. The number of ether oxygens (including phenoxy) is 2. The van der Waals surface area contributed by atoms with Gasteiger partial charge in [-0.25, -0.2) is 9.18 Å². The first-order chi connectivity index (χ1) is 16.0. The molecule has 2 fully saturated rings. The molecule has 0 saturated carbocycles. The summed E-state index contributed by atoms with van der Waals surface area (Å²) in [6.45, 7) is 7.07. The summed E-state index contributed by atoms with van der Waals surface area (Å²) >= 11 is 5.94. The number of likely N-dealkylation sites (tertiary alicyclic amines) is 2. The Hall–Kier alpha value is -2.55. The zero-order valence-corrected chi connectivity index (χ0v) is 20.7. The molecule has 0 radical (unpaired) electrons. The van der Waals surface area contributed by atoms with Crippen molar-refractivity contribution in [3.05, 3.63) is 29.0 Å². The topological polar surface area (TPSA) is 88.2 Å². The Morgan fingerprint density at radius 3 is 2.53 bits per heavy atom. The van der Waals surface area contributed by atoms with Crippen LogP contribution in [0.15, 0.2) is 18.2 Å². The van der Waals surface area contributed by atoms with E-state index in [4.69, 9.17) is 21.1 Å². The van der Waals surface area contributed by atoms with Gasteiger partial charge in [0.15, 0.2) is 6.61 Å². The van der Waals surface area contributed by atoms with Crippen LogP contribution in [0.3, 0.4) is 0 Å². The van der Waals surface area contributed by atoms with Gasteiger partial charge in [0.2, 0.25) is 5.91 Å². The number of carbonyl (C=O) groups excluding carboxylic acids is 3. The molecular weight excluding hydrogens is 465 g/mol. The zero-order chi connectivity index (χ0) is 24.9. The van der Waals surface area contributed by atoms with E-state index in [1.165, 1.54) is 12.1 Å². The molecule has 2 heterocycles. The maximum absolute atomic E-state index is 13.2. The Bertz CT molecular complexity index is 907. The summed E-state index contributed by atoms with van der Waals surface area (Å²) in [7, 11) is 0. The van der Waals surface area contributed by atoms with Crippen molar-refractivity contribution < 1.29 is 28.2 Å². The molecule has 188 valence electrons. The number of piperidine rings is 2. The summed E-state index contributed by atoms with van der Waals surface area (Å²) in [5, 5.41) is 3.16. The van der Waals surface area contributed by atoms with Crippen molar-refractivity contribution in [1.29, 1.82) is 0 Å². The van der Waals surface area contributed by atoms with Gasteiger partial charge in [0, 0.05) is 32.2 Å². The third-order valence-electron chi connectivity index (χ3n) is 5.81. The summed E-state index contributed by atoms with van der Waals surface area (Å²) in [6.07, 6.45) is 2.55. The van der Waals surface area contributed by atoms with Gasteiger partial charge in [0.1, 0.15) is 17.2 Å². The molecule has 0 spiro atoms. The molecule has 0 aromatic heterocycles. The normalized spacial score (nSPS) is 21.1. The minimum atomic E-state index is -0.587.